The monoisotopic (exact) mass is 201 g/mol. The largest absolute Gasteiger partial charge is 0.458 e. The second-order valence-corrected chi connectivity index (χ2v) is 4.30. The maximum Gasteiger partial charge on any atom is 0.335 e. The molecule has 14 heavy (non-hydrogen) atoms. The summed E-state index contributed by atoms with van der Waals surface area (Å²) >= 11 is 0. The zero-order valence-corrected chi connectivity index (χ0v) is 9.37. The van der Waals surface area contributed by atoms with E-state index in [-0.39, 0.29) is 0 Å². The van der Waals surface area contributed by atoms with E-state index >= 15 is 0 Å². The van der Waals surface area contributed by atoms with Crippen molar-refractivity contribution in [2.24, 2.45) is 5.18 Å². The predicted molar refractivity (Wildman–Crippen MR) is 55.0 cm³/mol. The van der Waals surface area contributed by atoms with Gasteiger partial charge in [-0.25, -0.2) is 4.79 Å². The lowest BCUT2D eigenvalue weighted by Crippen LogP contribution is -2.30. The summed E-state index contributed by atoms with van der Waals surface area (Å²) in [6, 6.07) is -0.839. The van der Waals surface area contributed by atoms with Crippen molar-refractivity contribution in [2.45, 2.75) is 58.6 Å². The lowest BCUT2D eigenvalue weighted by atomic mass is 10.1. The Balaban J connectivity index is 4.11. The van der Waals surface area contributed by atoms with E-state index in [0.717, 1.165) is 12.8 Å². The molecule has 0 amide bonds. The Morgan fingerprint density at radius 3 is 2.36 bits per heavy atom. The Kier molecular flexibility index (Phi) is 5.35. The quantitative estimate of drug-likeness (QED) is 0.507. The normalized spacial score (nSPS) is 13.4. The van der Waals surface area contributed by atoms with Gasteiger partial charge in [-0.3, -0.25) is 0 Å². The number of hydrogen-bond donors (Lipinski definition) is 0. The molecule has 0 aromatic rings. The van der Waals surface area contributed by atoms with E-state index in [2.05, 4.69) is 5.18 Å². The van der Waals surface area contributed by atoms with Gasteiger partial charge in [0.05, 0.1) is 0 Å². The van der Waals surface area contributed by atoms with Crippen molar-refractivity contribution < 1.29 is 9.53 Å². The van der Waals surface area contributed by atoms with Gasteiger partial charge < -0.3 is 4.74 Å². The molecular formula is C10H19NO3. The lowest BCUT2D eigenvalue weighted by Gasteiger charge is -2.21. The van der Waals surface area contributed by atoms with Crippen LogP contribution in [0.1, 0.15) is 47.0 Å². The van der Waals surface area contributed by atoms with Crippen LogP contribution >= 0.6 is 0 Å². The summed E-state index contributed by atoms with van der Waals surface area (Å²) in [5.41, 5.74) is -0.549. The molecule has 0 aliphatic carbocycles. The number of unbranched alkanes of at least 4 members (excludes halogenated alkanes) is 1. The zero-order chi connectivity index (χ0) is 11.2. The van der Waals surface area contributed by atoms with Crippen LogP contribution in [0.5, 0.6) is 0 Å². The highest BCUT2D eigenvalue weighted by atomic mass is 16.6. The third kappa shape index (κ3) is 5.67. The number of nitrogens with zero attached hydrogens (tertiary/aromatic N) is 1. The molecule has 0 spiro atoms. The van der Waals surface area contributed by atoms with Crippen molar-refractivity contribution in [1.82, 2.24) is 0 Å². The van der Waals surface area contributed by atoms with Gasteiger partial charge in [0.25, 0.3) is 0 Å². The number of hydrogen-bond acceptors (Lipinski definition) is 4. The predicted octanol–water partition coefficient (Wildman–Crippen LogP) is 2.65. The van der Waals surface area contributed by atoms with Crippen LogP contribution in [-0.2, 0) is 9.53 Å². The highest BCUT2D eigenvalue weighted by Crippen LogP contribution is 2.13. The molecule has 0 saturated carbocycles. The van der Waals surface area contributed by atoms with E-state index in [1.54, 1.807) is 20.8 Å². The molecule has 0 aromatic carbocycles. The van der Waals surface area contributed by atoms with Gasteiger partial charge in [0.2, 0.25) is 0 Å². The maximum absolute atomic E-state index is 11.4. The van der Waals surface area contributed by atoms with Crippen molar-refractivity contribution in [2.75, 3.05) is 0 Å². The number of ether oxygens (including phenoxy) is 1. The average Bonchev–Trinajstić information content (AvgIpc) is 2.02. The van der Waals surface area contributed by atoms with Gasteiger partial charge in [0, 0.05) is 0 Å². The van der Waals surface area contributed by atoms with Crippen LogP contribution in [0, 0.1) is 4.91 Å². The summed E-state index contributed by atoms with van der Waals surface area (Å²) in [5.74, 6) is -0.513. The number of esters is 1. The molecule has 0 unspecified atom stereocenters. The fourth-order valence-corrected chi connectivity index (χ4v) is 0.981. The SMILES string of the molecule is CCCC[C@@H](N=O)C(=O)OC(C)(C)C. The van der Waals surface area contributed by atoms with Gasteiger partial charge in [-0.15, -0.1) is 4.91 Å². The number of carbonyl (C=O) groups excluding carboxylic acids is 1. The molecule has 82 valence electrons. The van der Waals surface area contributed by atoms with E-state index < -0.39 is 17.6 Å². The minimum atomic E-state index is -0.839. The third-order valence-corrected chi connectivity index (χ3v) is 1.64. The Hall–Kier alpha value is -0.930. The summed E-state index contributed by atoms with van der Waals surface area (Å²) in [4.78, 5) is 21.8. The molecule has 0 aliphatic rings. The Bertz CT molecular complexity index is 196. The molecule has 0 aromatic heterocycles. The first-order valence-corrected chi connectivity index (χ1v) is 4.96. The molecular weight excluding hydrogens is 182 g/mol. The van der Waals surface area contributed by atoms with Gasteiger partial charge in [0.1, 0.15) is 5.60 Å². The number of carbonyl (C=O) groups is 1. The van der Waals surface area contributed by atoms with Gasteiger partial charge in [-0.2, -0.15) is 0 Å². The van der Waals surface area contributed by atoms with Crippen LogP contribution < -0.4 is 0 Å². The lowest BCUT2D eigenvalue weighted by molar-refractivity contribution is -0.156. The average molecular weight is 201 g/mol. The standard InChI is InChI=1S/C10H19NO3/c1-5-6-7-8(11-13)9(12)14-10(2,3)4/h8H,5-7H2,1-4H3/t8-/m1/s1. The van der Waals surface area contributed by atoms with Crippen molar-refractivity contribution >= 4 is 5.97 Å². The van der Waals surface area contributed by atoms with Crippen molar-refractivity contribution in [3.05, 3.63) is 4.91 Å². The molecule has 0 saturated heterocycles. The van der Waals surface area contributed by atoms with Crippen molar-refractivity contribution in [1.29, 1.82) is 0 Å². The molecule has 0 aliphatic heterocycles. The summed E-state index contributed by atoms with van der Waals surface area (Å²) < 4.78 is 5.06. The molecule has 4 heteroatoms. The van der Waals surface area contributed by atoms with Gasteiger partial charge in [-0.05, 0) is 27.2 Å². The molecule has 0 fully saturated rings. The molecule has 0 bridgehead atoms. The first-order valence-electron chi connectivity index (χ1n) is 4.96. The van der Waals surface area contributed by atoms with Gasteiger partial charge in [-0.1, -0.05) is 24.9 Å². The first-order chi connectivity index (χ1) is 6.40. The van der Waals surface area contributed by atoms with Gasteiger partial charge in [0.15, 0.2) is 6.04 Å². The molecule has 0 N–H and O–H groups in total. The number of nitroso groups, excluding NO2 is 1. The maximum atomic E-state index is 11.4. The highest BCUT2D eigenvalue weighted by Gasteiger charge is 2.25. The van der Waals surface area contributed by atoms with Crippen LogP contribution in [0.2, 0.25) is 0 Å². The van der Waals surface area contributed by atoms with Crippen molar-refractivity contribution in [3.63, 3.8) is 0 Å². The Morgan fingerprint density at radius 2 is 2.00 bits per heavy atom. The first kappa shape index (κ1) is 13.1. The van der Waals surface area contributed by atoms with E-state index in [0.29, 0.717) is 6.42 Å². The fourth-order valence-electron chi connectivity index (χ4n) is 0.981. The summed E-state index contributed by atoms with van der Waals surface area (Å²) in [6.07, 6.45) is 2.24. The van der Waals surface area contributed by atoms with Crippen LogP contribution in [0.15, 0.2) is 5.18 Å². The summed E-state index contributed by atoms with van der Waals surface area (Å²) in [7, 11) is 0. The summed E-state index contributed by atoms with van der Waals surface area (Å²) in [6.45, 7) is 7.31. The minimum absolute atomic E-state index is 0.481. The second kappa shape index (κ2) is 5.73. The molecule has 4 nitrogen and oxygen atoms in total. The van der Waals surface area contributed by atoms with E-state index in [1.807, 2.05) is 6.92 Å². The summed E-state index contributed by atoms with van der Waals surface area (Å²) in [5, 5.41) is 2.79. The van der Waals surface area contributed by atoms with E-state index in [9.17, 15) is 9.70 Å². The fraction of sp³-hybridized carbons (Fsp3) is 0.900. The highest BCUT2D eigenvalue weighted by molar-refractivity contribution is 5.76. The molecule has 1 atom stereocenters. The van der Waals surface area contributed by atoms with Crippen LogP contribution in [0.25, 0.3) is 0 Å². The van der Waals surface area contributed by atoms with Crippen molar-refractivity contribution in [3.8, 4) is 0 Å². The van der Waals surface area contributed by atoms with Crippen LogP contribution in [0.4, 0.5) is 0 Å². The molecule has 0 rings (SSSR count). The minimum Gasteiger partial charge on any atom is -0.458 e. The molecule has 0 heterocycles. The van der Waals surface area contributed by atoms with E-state index in [4.69, 9.17) is 4.74 Å². The molecule has 0 radical (unpaired) electrons. The van der Waals surface area contributed by atoms with Crippen LogP contribution in [0.3, 0.4) is 0 Å². The smallest absolute Gasteiger partial charge is 0.335 e. The number of rotatable bonds is 5. The Morgan fingerprint density at radius 1 is 1.43 bits per heavy atom. The zero-order valence-electron chi connectivity index (χ0n) is 9.37. The third-order valence-electron chi connectivity index (χ3n) is 1.64. The van der Waals surface area contributed by atoms with Gasteiger partial charge >= 0.3 is 5.97 Å². The second-order valence-electron chi connectivity index (χ2n) is 4.30. The van der Waals surface area contributed by atoms with E-state index in [1.165, 1.54) is 0 Å². The Labute approximate surface area is 85.0 Å². The van der Waals surface area contributed by atoms with Crippen LogP contribution in [-0.4, -0.2) is 17.6 Å². The topological polar surface area (TPSA) is 55.7 Å².